The van der Waals surface area contributed by atoms with E-state index in [2.05, 4.69) is 10.1 Å². The highest BCUT2D eigenvalue weighted by Gasteiger charge is 2.21. The minimum Gasteiger partial charge on any atom is -0.469 e. The molecule has 0 fully saturated rings. The van der Waals surface area contributed by atoms with Gasteiger partial charge < -0.3 is 14.8 Å². The fourth-order valence-electron chi connectivity index (χ4n) is 1.45. The van der Waals surface area contributed by atoms with E-state index in [9.17, 15) is 4.79 Å². The number of methoxy groups -OCH3 is 2. The fourth-order valence-corrected chi connectivity index (χ4v) is 1.45. The van der Waals surface area contributed by atoms with Crippen LogP contribution in [0.15, 0.2) is 0 Å². The number of hydrogen-bond donors (Lipinski definition) is 1. The van der Waals surface area contributed by atoms with E-state index in [1.165, 1.54) is 7.11 Å². The largest absolute Gasteiger partial charge is 0.469 e. The lowest BCUT2D eigenvalue weighted by Crippen LogP contribution is -2.48. The van der Waals surface area contributed by atoms with Gasteiger partial charge in [0, 0.05) is 18.7 Å². The number of esters is 1. The van der Waals surface area contributed by atoms with Crippen LogP contribution in [0.5, 0.6) is 0 Å². The Morgan fingerprint density at radius 2 is 2.00 bits per heavy atom. The van der Waals surface area contributed by atoms with Crippen LogP contribution in [0.4, 0.5) is 0 Å². The number of carbonyl (C=O) groups is 1. The van der Waals surface area contributed by atoms with E-state index in [1.54, 1.807) is 7.11 Å². The topological polar surface area (TPSA) is 47.6 Å². The molecule has 0 aromatic heterocycles. The molecule has 84 valence electrons. The predicted octanol–water partition coefficient (Wildman–Crippen LogP) is 0.953. The highest BCUT2D eigenvalue weighted by molar-refractivity contribution is 5.69. The molecule has 0 aromatic carbocycles. The molecule has 4 nitrogen and oxygen atoms in total. The lowest BCUT2D eigenvalue weighted by molar-refractivity contribution is -0.141. The first-order chi connectivity index (χ1) is 6.41. The van der Waals surface area contributed by atoms with Crippen LogP contribution in [-0.4, -0.2) is 38.4 Å². The Labute approximate surface area is 86.0 Å². The van der Waals surface area contributed by atoms with Crippen molar-refractivity contribution in [2.45, 2.75) is 38.8 Å². The Morgan fingerprint density at radius 3 is 2.43 bits per heavy atom. The Hall–Kier alpha value is -0.610. The van der Waals surface area contributed by atoms with Crippen LogP contribution in [0.3, 0.4) is 0 Å². The van der Waals surface area contributed by atoms with E-state index < -0.39 is 0 Å². The van der Waals surface area contributed by atoms with Crippen LogP contribution in [0, 0.1) is 0 Å². The zero-order chi connectivity index (χ0) is 11.2. The summed E-state index contributed by atoms with van der Waals surface area (Å²) in [7, 11) is 3.06. The average molecular weight is 203 g/mol. The first-order valence-corrected chi connectivity index (χ1v) is 4.74. The molecule has 1 atom stereocenters. The molecule has 0 amide bonds. The zero-order valence-electron chi connectivity index (χ0n) is 9.72. The first-order valence-electron chi connectivity index (χ1n) is 4.74. The Morgan fingerprint density at radius 1 is 1.43 bits per heavy atom. The molecule has 0 bridgehead atoms. The maximum atomic E-state index is 11.0. The molecule has 0 saturated carbocycles. The normalized spacial score (nSPS) is 13.8. The maximum Gasteiger partial charge on any atom is 0.307 e. The van der Waals surface area contributed by atoms with Gasteiger partial charge in [0.2, 0.25) is 0 Å². The molecule has 1 N–H and O–H groups in total. The lowest BCUT2D eigenvalue weighted by atomic mass is 10.0. The van der Waals surface area contributed by atoms with Gasteiger partial charge in [0.25, 0.3) is 0 Å². The maximum absolute atomic E-state index is 11.0. The number of carbonyl (C=O) groups excluding carboxylic acids is 1. The van der Waals surface area contributed by atoms with Gasteiger partial charge in [-0.05, 0) is 20.8 Å². The molecule has 0 radical (unpaired) electrons. The van der Waals surface area contributed by atoms with Crippen LogP contribution >= 0.6 is 0 Å². The van der Waals surface area contributed by atoms with Crippen molar-refractivity contribution < 1.29 is 14.3 Å². The summed E-state index contributed by atoms with van der Waals surface area (Å²) in [6, 6.07) is 0.0904. The van der Waals surface area contributed by atoms with E-state index in [0.717, 1.165) is 0 Å². The van der Waals surface area contributed by atoms with Gasteiger partial charge in [-0.3, -0.25) is 4.79 Å². The molecule has 14 heavy (non-hydrogen) atoms. The van der Waals surface area contributed by atoms with Gasteiger partial charge in [0.05, 0.1) is 20.1 Å². The minimum atomic E-state index is -0.196. The SMILES string of the molecule is COCC(C)(C)NC(C)CC(=O)OC. The van der Waals surface area contributed by atoms with Crippen molar-refractivity contribution in [1.29, 1.82) is 0 Å². The van der Waals surface area contributed by atoms with Crippen molar-refractivity contribution in [2.24, 2.45) is 0 Å². The Balaban J connectivity index is 3.91. The van der Waals surface area contributed by atoms with E-state index in [0.29, 0.717) is 13.0 Å². The summed E-state index contributed by atoms with van der Waals surface area (Å²) in [6.45, 7) is 6.63. The van der Waals surface area contributed by atoms with Crippen LogP contribution in [0.1, 0.15) is 27.2 Å². The van der Waals surface area contributed by atoms with Gasteiger partial charge in [-0.1, -0.05) is 0 Å². The van der Waals surface area contributed by atoms with Crippen LogP contribution < -0.4 is 5.32 Å². The third kappa shape index (κ3) is 5.94. The summed E-state index contributed by atoms with van der Waals surface area (Å²) in [5.74, 6) is -0.196. The average Bonchev–Trinajstić information content (AvgIpc) is 2.02. The van der Waals surface area contributed by atoms with Crippen molar-refractivity contribution in [2.75, 3.05) is 20.8 Å². The standard InChI is InChI=1S/C10H21NO3/c1-8(6-9(12)14-5)11-10(2,3)7-13-4/h8,11H,6-7H2,1-5H3. The van der Waals surface area contributed by atoms with Crippen LogP contribution in [0.25, 0.3) is 0 Å². The molecule has 0 aliphatic carbocycles. The molecule has 1 unspecified atom stereocenters. The molecule has 0 saturated heterocycles. The fraction of sp³-hybridized carbons (Fsp3) is 0.900. The van der Waals surface area contributed by atoms with Crippen molar-refractivity contribution >= 4 is 5.97 Å². The number of hydrogen-bond acceptors (Lipinski definition) is 4. The van der Waals surface area contributed by atoms with E-state index in [1.807, 2.05) is 20.8 Å². The smallest absolute Gasteiger partial charge is 0.307 e. The van der Waals surface area contributed by atoms with Gasteiger partial charge in [-0.25, -0.2) is 0 Å². The highest BCUT2D eigenvalue weighted by Crippen LogP contribution is 2.06. The molecule has 0 rings (SSSR count). The number of nitrogens with one attached hydrogen (secondary N) is 1. The van der Waals surface area contributed by atoms with Crippen molar-refractivity contribution in [3.63, 3.8) is 0 Å². The second-order valence-corrected chi connectivity index (χ2v) is 4.14. The van der Waals surface area contributed by atoms with Gasteiger partial charge in [-0.2, -0.15) is 0 Å². The summed E-state index contributed by atoms with van der Waals surface area (Å²) in [4.78, 5) is 11.0. The van der Waals surface area contributed by atoms with Crippen LogP contribution in [0.2, 0.25) is 0 Å². The van der Waals surface area contributed by atoms with Gasteiger partial charge in [-0.15, -0.1) is 0 Å². The number of ether oxygens (including phenoxy) is 2. The molecule has 4 heteroatoms. The quantitative estimate of drug-likeness (QED) is 0.653. The first kappa shape index (κ1) is 13.4. The van der Waals surface area contributed by atoms with Gasteiger partial charge >= 0.3 is 5.97 Å². The van der Waals surface area contributed by atoms with Gasteiger partial charge in [0.15, 0.2) is 0 Å². The molecule has 0 aromatic rings. The molecule has 0 spiro atoms. The van der Waals surface area contributed by atoms with Crippen LogP contribution in [-0.2, 0) is 14.3 Å². The summed E-state index contributed by atoms with van der Waals surface area (Å²) >= 11 is 0. The summed E-state index contributed by atoms with van der Waals surface area (Å²) < 4.78 is 9.65. The zero-order valence-corrected chi connectivity index (χ0v) is 9.72. The summed E-state index contributed by atoms with van der Waals surface area (Å²) in [5, 5.41) is 3.30. The Bertz CT molecular complexity index is 180. The molecular formula is C10H21NO3. The van der Waals surface area contributed by atoms with Crippen molar-refractivity contribution in [3.8, 4) is 0 Å². The minimum absolute atomic E-state index is 0.0904. The van der Waals surface area contributed by atoms with E-state index in [-0.39, 0.29) is 17.6 Å². The van der Waals surface area contributed by atoms with E-state index >= 15 is 0 Å². The molecular weight excluding hydrogens is 182 g/mol. The molecule has 0 aliphatic rings. The third-order valence-corrected chi connectivity index (χ3v) is 1.84. The van der Waals surface area contributed by atoms with Crippen molar-refractivity contribution in [1.82, 2.24) is 5.32 Å². The Kier molecular flexibility index (Phi) is 5.72. The van der Waals surface area contributed by atoms with Crippen molar-refractivity contribution in [3.05, 3.63) is 0 Å². The monoisotopic (exact) mass is 203 g/mol. The molecule has 0 aliphatic heterocycles. The van der Waals surface area contributed by atoms with E-state index in [4.69, 9.17) is 4.74 Å². The third-order valence-electron chi connectivity index (χ3n) is 1.84. The highest BCUT2D eigenvalue weighted by atomic mass is 16.5. The summed E-state index contributed by atoms with van der Waals surface area (Å²) in [6.07, 6.45) is 0.379. The molecule has 0 heterocycles. The number of rotatable bonds is 6. The second-order valence-electron chi connectivity index (χ2n) is 4.14. The second kappa shape index (κ2) is 5.98. The lowest BCUT2D eigenvalue weighted by Gasteiger charge is -2.29. The summed E-state index contributed by atoms with van der Waals surface area (Å²) in [5.41, 5.74) is -0.123. The van der Waals surface area contributed by atoms with Gasteiger partial charge in [0.1, 0.15) is 0 Å². The predicted molar refractivity (Wildman–Crippen MR) is 55.2 cm³/mol.